The van der Waals surface area contributed by atoms with Crippen LogP contribution in [0.1, 0.15) is 63.7 Å². The molecule has 2 aromatic rings. The third-order valence-electron chi connectivity index (χ3n) is 7.76. The lowest BCUT2D eigenvalue weighted by atomic mass is 9.67. The van der Waals surface area contributed by atoms with Gasteiger partial charge in [0.05, 0.1) is 28.8 Å². The van der Waals surface area contributed by atoms with E-state index in [1.165, 1.54) is 6.07 Å². The summed E-state index contributed by atoms with van der Waals surface area (Å²) in [6.07, 6.45) is 2.93. The Morgan fingerprint density at radius 1 is 1.11 bits per heavy atom. The van der Waals surface area contributed by atoms with Gasteiger partial charge in [0.25, 0.3) is 0 Å². The molecule has 5 atom stereocenters. The number of aromatic hydroxyl groups is 1. The summed E-state index contributed by atoms with van der Waals surface area (Å²) >= 11 is 0. The third kappa shape index (κ3) is 2.48. The molecule has 0 radical (unpaired) electrons. The second kappa shape index (κ2) is 7.09. The molecule has 4 aliphatic rings. The Labute approximate surface area is 203 Å². The zero-order valence-corrected chi connectivity index (χ0v) is 19.5. The van der Waals surface area contributed by atoms with E-state index in [1.54, 1.807) is 31.2 Å². The molecule has 6 heteroatoms. The zero-order chi connectivity index (χ0) is 24.7. The first-order valence-electron chi connectivity index (χ1n) is 11.7. The molecule has 2 aromatic carbocycles. The number of ketones is 2. The molecular weight excluding hydrogens is 442 g/mol. The summed E-state index contributed by atoms with van der Waals surface area (Å²) in [7, 11) is 0. The van der Waals surface area contributed by atoms with Crippen molar-refractivity contribution < 1.29 is 24.5 Å². The Bertz CT molecular complexity index is 1510. The Kier molecular flexibility index (Phi) is 4.39. The summed E-state index contributed by atoms with van der Waals surface area (Å²) in [5, 5.41) is 25.4. The number of rotatable bonds is 2. The van der Waals surface area contributed by atoms with Gasteiger partial charge < -0.3 is 20.3 Å². The highest BCUT2D eigenvalue weighted by Crippen LogP contribution is 2.68. The maximum Gasteiger partial charge on any atom is 0.198 e. The van der Waals surface area contributed by atoms with Gasteiger partial charge in [-0.25, -0.2) is 0 Å². The van der Waals surface area contributed by atoms with Gasteiger partial charge in [0.2, 0.25) is 0 Å². The molecule has 0 aromatic heterocycles. The number of aliphatic hydroxyl groups is 1. The number of anilines is 1. The highest BCUT2D eigenvalue weighted by molar-refractivity contribution is 6.31. The van der Waals surface area contributed by atoms with Crippen LogP contribution < -0.4 is 5.32 Å². The summed E-state index contributed by atoms with van der Waals surface area (Å²) in [4.78, 5) is 27.6. The molecule has 3 N–H and O–H groups in total. The number of fused-ring (bicyclic) bond motifs is 4. The van der Waals surface area contributed by atoms with E-state index in [2.05, 4.69) is 29.0 Å². The standard InChI is InChI=1S/C29H23NO5/c1-4-17-11-9-12-18-22(17)27(34)23-20(32)14-19-25(24(23)26(18)33)30-21-13-8-6-5-7-10-15(2)28(19)29(21,35-28)16(3)31/h5-6,9,11-12,14-16,21,30-32H,4H2,1-3H3/b6-5-/t15-,16-,21+,28-,29+/m1/s1. The number of ether oxygens (including phenoxy) is 1. The van der Waals surface area contributed by atoms with Gasteiger partial charge in [0.15, 0.2) is 17.2 Å². The topological polar surface area (TPSA) is 99.2 Å². The summed E-state index contributed by atoms with van der Waals surface area (Å²) in [5.41, 5.74) is 0.131. The lowest BCUT2D eigenvalue weighted by Gasteiger charge is -2.38. The first kappa shape index (κ1) is 21.7. The fourth-order valence-electron chi connectivity index (χ4n) is 6.14. The molecule has 2 aliphatic heterocycles. The van der Waals surface area contributed by atoms with Gasteiger partial charge in [-0.3, -0.25) is 9.59 Å². The predicted molar refractivity (Wildman–Crippen MR) is 129 cm³/mol. The molecular formula is C29H23NO5. The number of aryl methyl sites for hydroxylation is 1. The molecule has 0 saturated carbocycles. The lowest BCUT2D eigenvalue weighted by Crippen LogP contribution is -2.53. The van der Waals surface area contributed by atoms with E-state index >= 15 is 0 Å². The van der Waals surface area contributed by atoms with Crippen molar-refractivity contribution in [3.8, 4) is 29.4 Å². The van der Waals surface area contributed by atoms with Crippen molar-refractivity contribution in [2.45, 2.75) is 50.5 Å². The highest BCUT2D eigenvalue weighted by atomic mass is 16.6. The van der Waals surface area contributed by atoms with Crippen molar-refractivity contribution in [1.29, 1.82) is 0 Å². The highest BCUT2D eigenvalue weighted by Gasteiger charge is 2.81. The molecule has 2 heterocycles. The number of aliphatic hydroxyl groups excluding tert-OH is 1. The largest absolute Gasteiger partial charge is 0.507 e. The average Bonchev–Trinajstić information content (AvgIpc) is 3.57. The summed E-state index contributed by atoms with van der Waals surface area (Å²) in [6.45, 7) is 5.45. The first-order chi connectivity index (χ1) is 16.8. The van der Waals surface area contributed by atoms with Crippen molar-refractivity contribution in [3.05, 3.63) is 69.8 Å². The third-order valence-corrected chi connectivity index (χ3v) is 7.76. The van der Waals surface area contributed by atoms with Crippen LogP contribution in [0.3, 0.4) is 0 Å². The first-order valence-corrected chi connectivity index (χ1v) is 11.7. The van der Waals surface area contributed by atoms with Crippen LogP contribution in [0.4, 0.5) is 5.69 Å². The van der Waals surface area contributed by atoms with E-state index in [4.69, 9.17) is 4.74 Å². The van der Waals surface area contributed by atoms with Crippen LogP contribution in [0.2, 0.25) is 0 Å². The van der Waals surface area contributed by atoms with E-state index in [-0.39, 0.29) is 28.4 Å². The van der Waals surface area contributed by atoms with Crippen LogP contribution in [0.25, 0.3) is 0 Å². The molecule has 174 valence electrons. The number of benzene rings is 2. The molecule has 2 aliphatic carbocycles. The van der Waals surface area contributed by atoms with E-state index in [0.717, 1.165) is 5.56 Å². The molecule has 6 rings (SSSR count). The van der Waals surface area contributed by atoms with Crippen LogP contribution >= 0.6 is 0 Å². The lowest BCUT2D eigenvalue weighted by molar-refractivity contribution is 0.0868. The molecule has 1 fully saturated rings. The van der Waals surface area contributed by atoms with Crippen molar-refractivity contribution in [2.24, 2.45) is 5.92 Å². The minimum Gasteiger partial charge on any atom is -0.507 e. The Balaban J connectivity index is 1.68. The molecule has 35 heavy (non-hydrogen) atoms. The monoisotopic (exact) mass is 465 g/mol. The Morgan fingerprint density at radius 2 is 1.86 bits per heavy atom. The summed E-state index contributed by atoms with van der Waals surface area (Å²) in [5.74, 6) is 10.8. The van der Waals surface area contributed by atoms with Crippen LogP contribution in [0, 0.1) is 29.6 Å². The van der Waals surface area contributed by atoms with E-state index < -0.39 is 29.3 Å². The quantitative estimate of drug-likeness (QED) is 0.306. The molecule has 6 nitrogen and oxygen atoms in total. The van der Waals surface area contributed by atoms with Gasteiger partial charge >= 0.3 is 0 Å². The van der Waals surface area contributed by atoms with Crippen molar-refractivity contribution in [1.82, 2.24) is 0 Å². The second-order valence-electron chi connectivity index (χ2n) is 9.44. The molecule has 2 bridgehead atoms. The van der Waals surface area contributed by atoms with Gasteiger partial charge in [0.1, 0.15) is 17.4 Å². The van der Waals surface area contributed by atoms with Gasteiger partial charge in [-0.15, -0.1) is 0 Å². The van der Waals surface area contributed by atoms with Crippen LogP contribution in [0.15, 0.2) is 36.4 Å². The van der Waals surface area contributed by atoms with Crippen molar-refractivity contribution >= 4 is 17.3 Å². The Hall–Kier alpha value is -3.84. The fourth-order valence-corrected chi connectivity index (χ4v) is 6.14. The van der Waals surface area contributed by atoms with Gasteiger partial charge in [-0.2, -0.15) is 0 Å². The van der Waals surface area contributed by atoms with Crippen LogP contribution in [-0.2, 0) is 16.8 Å². The number of allylic oxidation sites excluding steroid dienone is 2. The predicted octanol–water partition coefficient (Wildman–Crippen LogP) is 3.08. The van der Waals surface area contributed by atoms with Crippen LogP contribution in [0.5, 0.6) is 5.75 Å². The SMILES string of the molecule is CCc1cccc2c1C(=O)c1c(O)cc3c(c1C2=O)N[C@H]1C#C/C=C\C#C[C@@H](C)[C@@]32O[C@@]12[C@@H](C)O. The van der Waals surface area contributed by atoms with Crippen molar-refractivity contribution in [2.75, 3.05) is 5.32 Å². The van der Waals surface area contributed by atoms with E-state index in [1.807, 2.05) is 19.9 Å². The number of carbonyl (C=O) groups is 2. The van der Waals surface area contributed by atoms with E-state index in [9.17, 15) is 19.8 Å². The summed E-state index contributed by atoms with van der Waals surface area (Å²) < 4.78 is 6.41. The normalized spacial score (nSPS) is 30.5. The number of epoxide rings is 1. The fraction of sp³-hybridized carbons (Fsp3) is 0.310. The Morgan fingerprint density at radius 3 is 2.57 bits per heavy atom. The number of hydrogen-bond acceptors (Lipinski definition) is 6. The molecule has 1 saturated heterocycles. The van der Waals surface area contributed by atoms with E-state index in [0.29, 0.717) is 28.8 Å². The molecule has 0 spiro atoms. The maximum absolute atomic E-state index is 13.9. The van der Waals surface area contributed by atoms with Gasteiger partial charge in [-0.1, -0.05) is 48.8 Å². The number of phenolic OH excluding ortho intramolecular Hbond substituents is 1. The molecule has 0 amide bonds. The van der Waals surface area contributed by atoms with Gasteiger partial charge in [0, 0.05) is 16.7 Å². The zero-order valence-electron chi connectivity index (χ0n) is 19.5. The number of nitrogens with one attached hydrogen (secondary N) is 1. The minimum atomic E-state index is -1.14. The average molecular weight is 466 g/mol. The van der Waals surface area contributed by atoms with Crippen LogP contribution in [-0.4, -0.2) is 39.5 Å². The van der Waals surface area contributed by atoms with Crippen molar-refractivity contribution in [3.63, 3.8) is 0 Å². The minimum absolute atomic E-state index is 0.0209. The molecule has 0 unspecified atom stereocenters. The second-order valence-corrected chi connectivity index (χ2v) is 9.44. The summed E-state index contributed by atoms with van der Waals surface area (Å²) in [6, 6.07) is 6.05. The number of carbonyl (C=O) groups excluding carboxylic acids is 2. The smallest absolute Gasteiger partial charge is 0.198 e. The number of phenols is 1. The van der Waals surface area contributed by atoms with Gasteiger partial charge in [-0.05, 0) is 44.1 Å². The maximum atomic E-state index is 13.9. The number of hydrogen-bond donors (Lipinski definition) is 3.